The molecule has 0 N–H and O–H groups in total. The number of aryl methyl sites for hydroxylation is 2. The van der Waals surface area contributed by atoms with E-state index in [0.717, 1.165) is 38.6 Å². The molecule has 1 aliphatic carbocycles. The highest BCUT2D eigenvalue weighted by Gasteiger charge is 2.26. The Balaban J connectivity index is 1.65. The van der Waals surface area contributed by atoms with Gasteiger partial charge in [-0.2, -0.15) is 4.57 Å². The first-order valence-corrected chi connectivity index (χ1v) is 13.0. The van der Waals surface area contributed by atoms with Gasteiger partial charge in [-0.1, -0.05) is 73.9 Å². The number of rotatable bonds is 3. The molecule has 5 aromatic rings. The summed E-state index contributed by atoms with van der Waals surface area (Å²) in [6.07, 6.45) is 6.56. The van der Waals surface area contributed by atoms with Crippen molar-refractivity contribution in [2.45, 2.75) is 51.9 Å². The summed E-state index contributed by atoms with van der Waals surface area (Å²) in [6.45, 7) is 12.2. The molecule has 0 saturated heterocycles. The minimum absolute atomic E-state index is 0.617. The summed E-state index contributed by atoms with van der Waals surface area (Å²) >= 11 is 0. The minimum atomic E-state index is 0.617. The fraction of sp³-hybridized carbons (Fsp3) is 0.273. The van der Waals surface area contributed by atoms with Gasteiger partial charge in [0, 0.05) is 35.4 Å². The van der Waals surface area contributed by atoms with Crippen LogP contribution in [-0.4, -0.2) is 0 Å². The highest BCUT2D eigenvalue weighted by Crippen LogP contribution is 2.44. The molecule has 1 fully saturated rings. The third kappa shape index (κ3) is 3.60. The van der Waals surface area contributed by atoms with Gasteiger partial charge in [-0.05, 0) is 42.4 Å². The van der Waals surface area contributed by atoms with Gasteiger partial charge in [0.15, 0.2) is 11.4 Å². The van der Waals surface area contributed by atoms with Crippen molar-refractivity contribution in [3.05, 3.63) is 95.0 Å². The normalized spacial score (nSPS) is 14.4. The number of hydrogen-bond donors (Lipinski definition) is 0. The van der Waals surface area contributed by atoms with Crippen molar-refractivity contribution in [3.63, 3.8) is 0 Å². The summed E-state index contributed by atoms with van der Waals surface area (Å²) in [5.41, 5.74) is 10.5. The number of nitrogens with zero attached hydrogens (tertiary/aromatic N) is 2. The third-order valence-electron chi connectivity index (χ3n) is 8.08. The minimum Gasteiger partial charge on any atom is -0.456 e. The van der Waals surface area contributed by atoms with E-state index in [0.29, 0.717) is 11.6 Å². The van der Waals surface area contributed by atoms with E-state index in [1.165, 1.54) is 54.6 Å². The molecule has 1 aliphatic rings. The van der Waals surface area contributed by atoms with Crippen LogP contribution in [0.5, 0.6) is 0 Å². The molecule has 178 valence electrons. The molecule has 0 aliphatic heterocycles. The van der Waals surface area contributed by atoms with Crippen LogP contribution in [0.1, 0.15) is 54.8 Å². The van der Waals surface area contributed by atoms with E-state index in [-0.39, 0.29) is 0 Å². The van der Waals surface area contributed by atoms with E-state index in [1.54, 1.807) is 0 Å². The SMILES string of the molecule is [C-]#[N+]c1ccc2c(oc3c(-c4cc(C5CCCCC5)cc(C)[n+]4C)c(C)ccc32)c1-c1ccccc1. The zero-order valence-corrected chi connectivity index (χ0v) is 21.3. The lowest BCUT2D eigenvalue weighted by atomic mass is 9.83. The Morgan fingerprint density at radius 2 is 1.53 bits per heavy atom. The van der Waals surface area contributed by atoms with Gasteiger partial charge in [-0.15, -0.1) is 0 Å². The van der Waals surface area contributed by atoms with Crippen molar-refractivity contribution in [1.29, 1.82) is 0 Å². The van der Waals surface area contributed by atoms with E-state index in [4.69, 9.17) is 11.0 Å². The molecule has 2 heterocycles. The topological polar surface area (TPSA) is 21.4 Å². The highest BCUT2D eigenvalue weighted by molar-refractivity contribution is 6.15. The number of benzene rings is 3. The molecule has 0 radical (unpaired) electrons. The molecule has 0 bridgehead atoms. The van der Waals surface area contributed by atoms with Gasteiger partial charge in [-0.25, -0.2) is 4.85 Å². The molecule has 36 heavy (non-hydrogen) atoms. The maximum atomic E-state index is 7.81. The third-order valence-corrected chi connectivity index (χ3v) is 8.08. The number of furan rings is 1. The van der Waals surface area contributed by atoms with Crippen LogP contribution < -0.4 is 4.57 Å². The Hall–Kier alpha value is -3.90. The van der Waals surface area contributed by atoms with E-state index < -0.39 is 0 Å². The highest BCUT2D eigenvalue weighted by atomic mass is 16.3. The molecule has 6 rings (SSSR count). The first-order chi connectivity index (χ1) is 17.6. The number of pyridine rings is 1. The molecule has 2 aromatic heterocycles. The van der Waals surface area contributed by atoms with Crippen LogP contribution in [0.4, 0.5) is 5.69 Å². The molecule has 0 spiro atoms. The maximum absolute atomic E-state index is 7.81. The lowest BCUT2D eigenvalue weighted by Crippen LogP contribution is -2.35. The van der Waals surface area contributed by atoms with Gasteiger partial charge in [0.2, 0.25) is 5.69 Å². The van der Waals surface area contributed by atoms with E-state index in [1.807, 2.05) is 30.3 Å². The molecule has 0 amide bonds. The molecule has 1 saturated carbocycles. The Morgan fingerprint density at radius 1 is 0.833 bits per heavy atom. The smallest absolute Gasteiger partial charge is 0.216 e. The van der Waals surface area contributed by atoms with Crippen molar-refractivity contribution in [2.75, 3.05) is 0 Å². The first kappa shape index (κ1) is 22.6. The Labute approximate surface area is 212 Å². The average Bonchev–Trinajstić information content (AvgIpc) is 3.29. The van der Waals surface area contributed by atoms with E-state index in [2.05, 4.69) is 66.7 Å². The Kier molecular flexibility index (Phi) is 5.61. The largest absolute Gasteiger partial charge is 0.456 e. The van der Waals surface area contributed by atoms with Gasteiger partial charge in [0.25, 0.3) is 0 Å². The van der Waals surface area contributed by atoms with Crippen molar-refractivity contribution in [1.82, 2.24) is 0 Å². The summed E-state index contributed by atoms with van der Waals surface area (Å²) in [4.78, 5) is 3.84. The van der Waals surface area contributed by atoms with Gasteiger partial charge < -0.3 is 4.42 Å². The number of fused-ring (bicyclic) bond motifs is 3. The van der Waals surface area contributed by atoms with Crippen molar-refractivity contribution < 1.29 is 8.98 Å². The van der Waals surface area contributed by atoms with Crippen LogP contribution >= 0.6 is 0 Å². The standard InChI is InChI=1S/C33H31N2O/c1-21-15-16-26-27-17-18-28(34-3)31(24-13-9-6-10-14-24)33(27)36-32(26)30(21)29-20-25(19-22(2)35(29)4)23-11-7-5-8-12-23/h6,9-10,13-20,23H,5,7-8,11-12H2,1-2,4H3/q+1. The lowest BCUT2D eigenvalue weighted by Gasteiger charge is -2.22. The molecular weight excluding hydrogens is 440 g/mol. The molecule has 3 aromatic carbocycles. The van der Waals surface area contributed by atoms with Crippen LogP contribution in [0, 0.1) is 20.4 Å². The van der Waals surface area contributed by atoms with Crippen LogP contribution in [0.25, 0.3) is 49.2 Å². The lowest BCUT2D eigenvalue weighted by molar-refractivity contribution is -0.666. The Morgan fingerprint density at radius 3 is 2.25 bits per heavy atom. The van der Waals surface area contributed by atoms with Gasteiger partial charge >= 0.3 is 0 Å². The second kappa shape index (κ2) is 8.95. The van der Waals surface area contributed by atoms with Crippen molar-refractivity contribution in [2.24, 2.45) is 7.05 Å². The second-order valence-electron chi connectivity index (χ2n) is 10.3. The summed E-state index contributed by atoms with van der Waals surface area (Å²) < 4.78 is 9.07. The summed E-state index contributed by atoms with van der Waals surface area (Å²) in [5.74, 6) is 0.637. The fourth-order valence-corrected chi connectivity index (χ4v) is 6.02. The second-order valence-corrected chi connectivity index (χ2v) is 10.3. The Bertz CT molecular complexity index is 1650. The van der Waals surface area contributed by atoms with Crippen molar-refractivity contribution in [3.8, 4) is 22.4 Å². The predicted octanol–water partition coefficient (Wildman–Crippen LogP) is 8.96. The van der Waals surface area contributed by atoms with Gasteiger partial charge in [0.05, 0.1) is 12.1 Å². The van der Waals surface area contributed by atoms with Gasteiger partial charge in [0.1, 0.15) is 18.2 Å². The van der Waals surface area contributed by atoms with Gasteiger partial charge in [-0.3, -0.25) is 0 Å². The fourth-order valence-electron chi connectivity index (χ4n) is 6.02. The van der Waals surface area contributed by atoms with Crippen LogP contribution in [0.3, 0.4) is 0 Å². The molecule has 0 atom stereocenters. The van der Waals surface area contributed by atoms with Crippen LogP contribution in [-0.2, 0) is 7.05 Å². The molecule has 3 nitrogen and oxygen atoms in total. The van der Waals surface area contributed by atoms with E-state index >= 15 is 0 Å². The van der Waals surface area contributed by atoms with E-state index in [9.17, 15) is 0 Å². The summed E-state index contributed by atoms with van der Waals surface area (Å²) in [6, 6.07) is 23.3. The average molecular weight is 472 g/mol. The molecule has 0 unspecified atom stereocenters. The number of aromatic nitrogens is 1. The van der Waals surface area contributed by atoms with Crippen LogP contribution in [0.2, 0.25) is 0 Å². The predicted molar refractivity (Wildman–Crippen MR) is 147 cm³/mol. The monoisotopic (exact) mass is 471 g/mol. The maximum Gasteiger partial charge on any atom is 0.216 e. The zero-order chi connectivity index (χ0) is 24.8. The first-order valence-electron chi connectivity index (χ1n) is 13.0. The van der Waals surface area contributed by atoms with Crippen molar-refractivity contribution >= 4 is 27.6 Å². The molecular formula is C33H31N2O+. The summed E-state index contributed by atoms with van der Waals surface area (Å²) in [5, 5.41) is 2.15. The quantitative estimate of drug-likeness (QED) is 0.190. The summed E-state index contributed by atoms with van der Waals surface area (Å²) in [7, 11) is 2.16. The zero-order valence-electron chi connectivity index (χ0n) is 21.3. The van der Waals surface area contributed by atoms with Crippen LogP contribution in [0.15, 0.2) is 71.1 Å². The molecule has 3 heteroatoms. The number of hydrogen-bond acceptors (Lipinski definition) is 1.